The molecule has 1 saturated carbocycles. The van der Waals surface area contributed by atoms with Gasteiger partial charge in [0.05, 0.1) is 0 Å². The van der Waals surface area contributed by atoms with Crippen LogP contribution in [0.5, 0.6) is 0 Å². The third-order valence-electron chi connectivity index (χ3n) is 4.36. The second-order valence-electron chi connectivity index (χ2n) is 5.84. The molecule has 1 aliphatic carbocycles. The summed E-state index contributed by atoms with van der Waals surface area (Å²) in [7, 11) is 0. The van der Waals surface area contributed by atoms with Crippen molar-refractivity contribution in [2.75, 3.05) is 0 Å². The standard InChI is InChI=1S/C12H20N2O/c1-12(4-5-12)11(15)14-10-6-8-2-3-9(7-10)13-8/h8-10,13H,2-7H2,1H3,(H,14,15). The number of nitrogens with one attached hydrogen (secondary N) is 2. The van der Waals surface area contributed by atoms with E-state index in [2.05, 4.69) is 17.6 Å². The van der Waals surface area contributed by atoms with Crippen molar-refractivity contribution in [1.29, 1.82) is 0 Å². The van der Waals surface area contributed by atoms with Gasteiger partial charge in [-0.1, -0.05) is 6.92 Å². The van der Waals surface area contributed by atoms with E-state index in [0.29, 0.717) is 24.0 Å². The van der Waals surface area contributed by atoms with Crippen LogP contribution in [0.4, 0.5) is 0 Å². The number of fused-ring (bicyclic) bond motifs is 2. The first-order valence-electron chi connectivity index (χ1n) is 6.23. The zero-order valence-electron chi connectivity index (χ0n) is 9.38. The van der Waals surface area contributed by atoms with E-state index in [1.807, 2.05) is 0 Å². The Hall–Kier alpha value is -0.570. The van der Waals surface area contributed by atoms with Crippen LogP contribution in [0, 0.1) is 5.41 Å². The molecule has 0 aromatic heterocycles. The minimum Gasteiger partial charge on any atom is -0.353 e. The lowest BCUT2D eigenvalue weighted by atomic mass is 9.98. The molecule has 2 saturated heterocycles. The van der Waals surface area contributed by atoms with Gasteiger partial charge in [-0.05, 0) is 38.5 Å². The zero-order chi connectivity index (χ0) is 10.5. The van der Waals surface area contributed by atoms with E-state index in [1.54, 1.807) is 0 Å². The van der Waals surface area contributed by atoms with Gasteiger partial charge in [-0.2, -0.15) is 0 Å². The largest absolute Gasteiger partial charge is 0.353 e. The van der Waals surface area contributed by atoms with E-state index < -0.39 is 0 Å². The van der Waals surface area contributed by atoms with Gasteiger partial charge in [0, 0.05) is 23.5 Å². The quantitative estimate of drug-likeness (QED) is 0.715. The lowest BCUT2D eigenvalue weighted by Crippen LogP contribution is -2.49. The fourth-order valence-electron chi connectivity index (χ4n) is 2.95. The monoisotopic (exact) mass is 208 g/mol. The smallest absolute Gasteiger partial charge is 0.226 e. The summed E-state index contributed by atoms with van der Waals surface area (Å²) in [5, 5.41) is 6.84. The van der Waals surface area contributed by atoms with Gasteiger partial charge in [0.25, 0.3) is 0 Å². The summed E-state index contributed by atoms with van der Waals surface area (Å²) in [4.78, 5) is 11.9. The van der Waals surface area contributed by atoms with Gasteiger partial charge >= 0.3 is 0 Å². The van der Waals surface area contributed by atoms with E-state index >= 15 is 0 Å². The lowest BCUT2D eigenvalue weighted by Gasteiger charge is -2.30. The van der Waals surface area contributed by atoms with Crippen LogP contribution in [0.3, 0.4) is 0 Å². The van der Waals surface area contributed by atoms with E-state index in [1.165, 1.54) is 12.8 Å². The lowest BCUT2D eigenvalue weighted by molar-refractivity contribution is -0.126. The Labute approximate surface area is 91.0 Å². The maximum Gasteiger partial charge on any atom is 0.226 e. The molecule has 2 N–H and O–H groups in total. The predicted octanol–water partition coefficient (Wildman–Crippen LogP) is 1.19. The van der Waals surface area contributed by atoms with Crippen LogP contribution in [0.2, 0.25) is 0 Å². The Morgan fingerprint density at radius 2 is 1.87 bits per heavy atom. The Kier molecular flexibility index (Phi) is 2.06. The molecule has 15 heavy (non-hydrogen) atoms. The molecule has 3 heteroatoms. The number of rotatable bonds is 2. The minimum absolute atomic E-state index is 0.01000. The highest BCUT2D eigenvalue weighted by Crippen LogP contribution is 2.45. The molecule has 0 aromatic carbocycles. The fourth-order valence-corrected chi connectivity index (χ4v) is 2.95. The molecule has 2 bridgehead atoms. The van der Waals surface area contributed by atoms with Crippen molar-refractivity contribution in [2.45, 2.75) is 63.6 Å². The van der Waals surface area contributed by atoms with E-state index in [9.17, 15) is 4.79 Å². The van der Waals surface area contributed by atoms with E-state index in [-0.39, 0.29) is 5.41 Å². The topological polar surface area (TPSA) is 41.1 Å². The van der Waals surface area contributed by atoms with Crippen molar-refractivity contribution < 1.29 is 4.79 Å². The van der Waals surface area contributed by atoms with Crippen molar-refractivity contribution in [1.82, 2.24) is 10.6 Å². The number of hydrogen-bond donors (Lipinski definition) is 2. The molecule has 1 amide bonds. The molecule has 3 fully saturated rings. The number of carbonyl (C=O) groups is 1. The number of carbonyl (C=O) groups excluding carboxylic acids is 1. The molecule has 3 nitrogen and oxygen atoms in total. The van der Waals surface area contributed by atoms with Gasteiger partial charge in [0.15, 0.2) is 0 Å². The molecule has 0 radical (unpaired) electrons. The van der Waals surface area contributed by atoms with Gasteiger partial charge in [-0.15, -0.1) is 0 Å². The predicted molar refractivity (Wildman–Crippen MR) is 58.5 cm³/mol. The Balaban J connectivity index is 1.57. The van der Waals surface area contributed by atoms with E-state index in [4.69, 9.17) is 0 Å². The van der Waals surface area contributed by atoms with Crippen molar-refractivity contribution in [3.63, 3.8) is 0 Å². The van der Waals surface area contributed by atoms with Crippen LogP contribution in [-0.2, 0) is 4.79 Å². The summed E-state index contributed by atoms with van der Waals surface area (Å²) in [6, 6.07) is 1.77. The van der Waals surface area contributed by atoms with Crippen LogP contribution in [0.25, 0.3) is 0 Å². The summed E-state index contributed by atoms with van der Waals surface area (Å²) in [6.45, 7) is 2.08. The van der Waals surface area contributed by atoms with Crippen molar-refractivity contribution in [3.05, 3.63) is 0 Å². The molecule has 3 rings (SSSR count). The number of hydrogen-bond acceptors (Lipinski definition) is 2. The average Bonchev–Trinajstić information content (AvgIpc) is 2.86. The first kappa shape index (κ1) is 9.64. The van der Waals surface area contributed by atoms with Gasteiger partial charge in [0.2, 0.25) is 5.91 Å². The molecule has 0 spiro atoms. The van der Waals surface area contributed by atoms with Gasteiger partial charge in [0.1, 0.15) is 0 Å². The Morgan fingerprint density at radius 1 is 1.27 bits per heavy atom. The minimum atomic E-state index is -0.01000. The summed E-state index contributed by atoms with van der Waals surface area (Å²) in [5.41, 5.74) is -0.01000. The third-order valence-corrected chi connectivity index (χ3v) is 4.36. The number of piperidine rings is 1. The molecule has 3 aliphatic rings. The average molecular weight is 208 g/mol. The maximum absolute atomic E-state index is 11.9. The van der Waals surface area contributed by atoms with Crippen LogP contribution >= 0.6 is 0 Å². The molecular weight excluding hydrogens is 188 g/mol. The van der Waals surface area contributed by atoms with Crippen LogP contribution in [0.1, 0.15) is 45.4 Å². The van der Waals surface area contributed by atoms with Crippen molar-refractivity contribution in [3.8, 4) is 0 Å². The second kappa shape index (κ2) is 3.21. The highest BCUT2D eigenvalue weighted by atomic mass is 16.2. The Bertz CT molecular complexity index is 273. The van der Waals surface area contributed by atoms with Crippen LogP contribution in [0.15, 0.2) is 0 Å². The second-order valence-corrected chi connectivity index (χ2v) is 5.84. The molecular formula is C12H20N2O. The molecule has 0 aromatic rings. The number of amides is 1. The van der Waals surface area contributed by atoms with Gasteiger partial charge < -0.3 is 10.6 Å². The van der Waals surface area contributed by atoms with Crippen molar-refractivity contribution >= 4 is 5.91 Å². The first-order chi connectivity index (χ1) is 7.16. The molecule has 2 aliphatic heterocycles. The van der Waals surface area contributed by atoms with Crippen LogP contribution < -0.4 is 10.6 Å². The van der Waals surface area contributed by atoms with Gasteiger partial charge in [-0.25, -0.2) is 0 Å². The Morgan fingerprint density at radius 3 is 2.40 bits per heavy atom. The summed E-state index contributed by atoms with van der Waals surface area (Å²) < 4.78 is 0. The van der Waals surface area contributed by atoms with Gasteiger partial charge in [-0.3, -0.25) is 4.79 Å². The fraction of sp³-hybridized carbons (Fsp3) is 0.917. The summed E-state index contributed by atoms with van der Waals surface area (Å²) in [6.07, 6.45) is 7.03. The first-order valence-corrected chi connectivity index (χ1v) is 6.23. The third kappa shape index (κ3) is 1.78. The molecule has 2 unspecified atom stereocenters. The van der Waals surface area contributed by atoms with Crippen molar-refractivity contribution in [2.24, 2.45) is 5.41 Å². The molecule has 2 atom stereocenters. The normalized spacial score (nSPS) is 41.3. The molecule has 84 valence electrons. The molecule has 2 heterocycles. The zero-order valence-corrected chi connectivity index (χ0v) is 9.38. The maximum atomic E-state index is 11.9. The highest BCUT2D eigenvalue weighted by Gasteiger charge is 2.46. The van der Waals surface area contributed by atoms with Crippen LogP contribution in [-0.4, -0.2) is 24.0 Å². The SMILES string of the molecule is CC1(C(=O)NC2CC3CCC(C2)N3)CC1. The van der Waals surface area contributed by atoms with E-state index in [0.717, 1.165) is 25.7 Å². The summed E-state index contributed by atoms with van der Waals surface area (Å²) >= 11 is 0. The highest BCUT2D eigenvalue weighted by molar-refractivity contribution is 5.85. The summed E-state index contributed by atoms with van der Waals surface area (Å²) in [5.74, 6) is 0.300.